The van der Waals surface area contributed by atoms with Crippen molar-refractivity contribution in [2.24, 2.45) is 0 Å². The Morgan fingerprint density at radius 1 is 0.333 bits per heavy atom. The second kappa shape index (κ2) is 35.8. The maximum Gasteiger partial charge on any atom is 0.0881 e. The number of nitrogens with zero attached hydrogens (tertiary/aromatic N) is 16. The maximum absolute atomic E-state index is 8.78. The fraction of sp³-hybridized carbons (Fsp3) is 0.642. The molecule has 1 N–H and O–H groups in total. The van der Waals surface area contributed by atoms with Crippen LogP contribution in [0.25, 0.3) is 0 Å². The van der Waals surface area contributed by atoms with Gasteiger partial charge in [-0.25, -0.2) is 0 Å². The maximum atomic E-state index is 8.78. The van der Waals surface area contributed by atoms with E-state index in [1.807, 2.05) is 75.7 Å². The zero-order chi connectivity index (χ0) is 64.8. The first-order valence-corrected chi connectivity index (χ1v) is 30.8. The lowest BCUT2D eigenvalue weighted by atomic mass is 10.2. The third-order valence-electron chi connectivity index (χ3n) is 13.9. The Morgan fingerprint density at radius 3 is 0.810 bits per heavy atom. The van der Waals surface area contributed by atoms with Crippen LogP contribution in [0.1, 0.15) is 269 Å². The first-order chi connectivity index (χ1) is 38.9. The molecule has 0 saturated heterocycles. The van der Waals surface area contributed by atoms with Gasteiger partial charge in [0.05, 0.1) is 52.2 Å². The van der Waals surface area contributed by atoms with Crippen LogP contribution in [0.5, 0.6) is 0 Å². The van der Waals surface area contributed by atoms with E-state index in [1.165, 1.54) is 50.9 Å². The standard InChI is InChI=1S/C10H18N2.C9H16N2.C8H14N2O.5C8H14N2/c1-5-9-7-10(6-2)12(11-9)8(3)4;1-6(2)11-9(5)7(3)8(4)10-11;1-6(2)10-7(3)4-8(5-11)9-10;2*1-6(2)10-5-7(3)8(4)9-10;3*1-6(2)10-8(4)5-7(3)9-10/h7-8H,5-6H2,1-4H3;6H,1-5H3;4,6,11H,5H2,1-3H3;5*5-6H,1-4H3. The summed E-state index contributed by atoms with van der Waals surface area (Å²) in [6.45, 7) is 67.3. The van der Waals surface area contributed by atoms with Gasteiger partial charge in [-0.3, -0.25) is 37.5 Å². The van der Waals surface area contributed by atoms with Crippen LogP contribution in [0, 0.1) is 96.9 Å². The predicted molar refractivity (Wildman–Crippen MR) is 352 cm³/mol. The summed E-state index contributed by atoms with van der Waals surface area (Å²) in [5.41, 5.74) is 20.0. The highest BCUT2D eigenvalue weighted by Gasteiger charge is 2.11. The van der Waals surface area contributed by atoms with Gasteiger partial charge in [0.25, 0.3) is 0 Å². The molecule has 0 aliphatic heterocycles. The molecule has 8 rings (SSSR count). The van der Waals surface area contributed by atoms with Gasteiger partial charge in [-0.2, -0.15) is 40.8 Å². The Kier molecular flexibility index (Phi) is 32.3. The molecular weight excluding hydrogens is 1040 g/mol. The summed E-state index contributed by atoms with van der Waals surface area (Å²) < 4.78 is 16.2. The Bertz CT molecular complexity index is 2900. The van der Waals surface area contributed by atoms with E-state index in [1.54, 1.807) is 0 Å². The first-order valence-electron chi connectivity index (χ1n) is 30.8. The summed E-state index contributed by atoms with van der Waals surface area (Å²) in [5.74, 6) is 0. The van der Waals surface area contributed by atoms with Crippen LogP contribution >= 0.6 is 0 Å². The quantitative estimate of drug-likeness (QED) is 0.133. The summed E-state index contributed by atoms with van der Waals surface area (Å²) >= 11 is 0. The van der Waals surface area contributed by atoms with Crippen LogP contribution in [0.15, 0.2) is 42.7 Å². The number of aryl methyl sites for hydroxylation is 14. The Balaban J connectivity index is 0.000000480. The monoisotopic (exact) mass is 1160 g/mol. The van der Waals surface area contributed by atoms with E-state index in [0.717, 1.165) is 58.4 Å². The summed E-state index contributed by atoms with van der Waals surface area (Å²) in [7, 11) is 0. The summed E-state index contributed by atoms with van der Waals surface area (Å²) in [6, 6.07) is 14.1. The van der Waals surface area contributed by atoms with Crippen molar-refractivity contribution in [1.82, 2.24) is 78.2 Å². The minimum atomic E-state index is 0.0283. The first kappa shape index (κ1) is 75.7. The van der Waals surface area contributed by atoms with E-state index in [0.29, 0.717) is 48.3 Å². The molecule has 0 aliphatic carbocycles. The van der Waals surface area contributed by atoms with Crippen molar-refractivity contribution in [2.75, 3.05) is 0 Å². The Labute approximate surface area is 509 Å². The van der Waals surface area contributed by atoms with Gasteiger partial charge in [-0.15, -0.1) is 0 Å². The molecule has 0 radical (unpaired) electrons. The lowest BCUT2D eigenvalue weighted by Crippen LogP contribution is -2.06. The number of aliphatic hydroxyl groups excluding tert-OH is 1. The van der Waals surface area contributed by atoms with Crippen LogP contribution in [-0.4, -0.2) is 83.4 Å². The topological polar surface area (TPSA) is 163 Å². The summed E-state index contributed by atoms with van der Waals surface area (Å²) in [5, 5.41) is 43.5. The van der Waals surface area contributed by atoms with Crippen molar-refractivity contribution < 1.29 is 5.11 Å². The molecule has 0 atom stereocenters. The number of aliphatic hydroxyl groups is 1. The zero-order valence-electron chi connectivity index (χ0n) is 58.9. The molecule has 84 heavy (non-hydrogen) atoms. The van der Waals surface area contributed by atoms with Crippen molar-refractivity contribution in [1.29, 1.82) is 0 Å². The largest absolute Gasteiger partial charge is 0.390 e. The van der Waals surface area contributed by atoms with E-state index < -0.39 is 0 Å². The molecule has 8 aromatic rings. The third kappa shape index (κ3) is 24.3. The number of hydrogen-bond donors (Lipinski definition) is 1. The van der Waals surface area contributed by atoms with E-state index in [4.69, 9.17) is 5.11 Å². The molecule has 0 aromatic carbocycles. The van der Waals surface area contributed by atoms with E-state index >= 15 is 0 Å². The SMILES string of the molecule is CCc1cc(CC)n(C(C)C)n1.Cc1cc(C)n(C(C)C)n1.Cc1cc(C)n(C(C)C)n1.Cc1cc(C)n(C(C)C)n1.Cc1cc(CO)nn1C(C)C.Cc1cn(C(C)C)nc1C.Cc1cn(C(C)C)nc1C.Cc1nn(C(C)C)c(C)c1C. The highest BCUT2D eigenvalue weighted by molar-refractivity contribution is 5.22. The van der Waals surface area contributed by atoms with Gasteiger partial charge in [-0.1, -0.05) is 13.8 Å². The normalized spacial score (nSPS) is 11.0. The molecule has 0 bridgehead atoms. The molecule has 0 fully saturated rings. The third-order valence-corrected chi connectivity index (χ3v) is 13.9. The number of hydrogen-bond acceptors (Lipinski definition) is 9. The van der Waals surface area contributed by atoms with Crippen molar-refractivity contribution in [3.05, 3.63) is 139 Å². The molecule has 17 heteroatoms. The van der Waals surface area contributed by atoms with E-state index in [-0.39, 0.29) is 6.61 Å². The van der Waals surface area contributed by atoms with Crippen LogP contribution in [0.4, 0.5) is 0 Å². The van der Waals surface area contributed by atoms with Crippen LogP contribution < -0.4 is 0 Å². The summed E-state index contributed by atoms with van der Waals surface area (Å²) in [4.78, 5) is 0. The van der Waals surface area contributed by atoms with Crippen molar-refractivity contribution >= 4 is 0 Å². The van der Waals surface area contributed by atoms with Crippen LogP contribution in [0.2, 0.25) is 0 Å². The molecular formula is C67H118N16O. The fourth-order valence-electron chi connectivity index (χ4n) is 8.96. The molecule has 0 spiro atoms. The van der Waals surface area contributed by atoms with Gasteiger partial charge in [0.1, 0.15) is 0 Å². The van der Waals surface area contributed by atoms with Crippen molar-refractivity contribution in [2.45, 2.75) is 289 Å². The highest BCUT2D eigenvalue weighted by atomic mass is 16.3. The van der Waals surface area contributed by atoms with Gasteiger partial charge in [0.2, 0.25) is 0 Å². The smallest absolute Gasteiger partial charge is 0.0881 e. The number of aromatic nitrogens is 16. The molecule has 8 heterocycles. The molecule has 8 aromatic heterocycles. The number of rotatable bonds is 11. The minimum Gasteiger partial charge on any atom is -0.390 e. The average molecular weight is 1160 g/mol. The zero-order valence-corrected chi connectivity index (χ0v) is 58.9. The molecule has 472 valence electrons. The summed E-state index contributed by atoms with van der Waals surface area (Å²) in [6.07, 6.45) is 6.28. The predicted octanol–water partition coefficient (Wildman–Crippen LogP) is 16.6. The average Bonchev–Trinajstić information content (AvgIpc) is 4.31. The van der Waals surface area contributed by atoms with Gasteiger partial charge in [-0.05, 0) is 268 Å². The van der Waals surface area contributed by atoms with E-state index in [2.05, 4.69) is 267 Å². The van der Waals surface area contributed by atoms with Gasteiger partial charge >= 0.3 is 0 Å². The lowest BCUT2D eigenvalue weighted by Gasteiger charge is -2.08. The minimum absolute atomic E-state index is 0.0283. The molecule has 0 saturated carbocycles. The molecule has 17 nitrogen and oxygen atoms in total. The van der Waals surface area contributed by atoms with Gasteiger partial charge < -0.3 is 5.11 Å². The van der Waals surface area contributed by atoms with Crippen LogP contribution in [-0.2, 0) is 19.4 Å². The Hall–Kier alpha value is -6.36. The molecule has 0 aliphatic rings. The molecule has 0 unspecified atom stereocenters. The van der Waals surface area contributed by atoms with E-state index in [9.17, 15) is 0 Å². The van der Waals surface area contributed by atoms with Gasteiger partial charge in [0, 0.05) is 94.9 Å². The highest BCUT2D eigenvalue weighted by Crippen LogP contribution is 2.17. The second-order valence-electron chi connectivity index (χ2n) is 24.5. The second-order valence-corrected chi connectivity index (χ2v) is 24.5. The van der Waals surface area contributed by atoms with Crippen LogP contribution in [0.3, 0.4) is 0 Å². The molecule has 0 amide bonds. The van der Waals surface area contributed by atoms with Gasteiger partial charge in [0.15, 0.2) is 0 Å². The van der Waals surface area contributed by atoms with Crippen molar-refractivity contribution in [3.8, 4) is 0 Å². The van der Waals surface area contributed by atoms with Crippen molar-refractivity contribution in [3.63, 3.8) is 0 Å². The Morgan fingerprint density at radius 2 is 0.655 bits per heavy atom. The fourth-order valence-corrected chi connectivity index (χ4v) is 8.96. The lowest BCUT2D eigenvalue weighted by molar-refractivity contribution is 0.274.